The predicted molar refractivity (Wildman–Crippen MR) is 66.3 cm³/mol. The van der Waals surface area contributed by atoms with E-state index in [0.717, 1.165) is 12.8 Å². The van der Waals surface area contributed by atoms with E-state index in [0.29, 0.717) is 11.6 Å². The molecule has 1 aliphatic carbocycles. The van der Waals surface area contributed by atoms with E-state index in [4.69, 9.17) is 15.2 Å². The average Bonchev–Trinajstić information content (AvgIpc) is 2.56. The van der Waals surface area contributed by atoms with Crippen LogP contribution < -0.4 is 15.2 Å². The van der Waals surface area contributed by atoms with Gasteiger partial charge in [0.25, 0.3) is 5.88 Å². The Balaban J connectivity index is 2.07. The van der Waals surface area contributed by atoms with Gasteiger partial charge in [-0.1, -0.05) is 12.8 Å². The molecule has 2 unspecified atom stereocenters. The maximum atomic E-state index is 6.12. The topological polar surface area (TPSA) is 57.4 Å². The Morgan fingerprint density at radius 3 is 2.94 bits per heavy atom. The van der Waals surface area contributed by atoms with Crippen LogP contribution in [0.15, 0.2) is 18.3 Å². The van der Waals surface area contributed by atoms with Gasteiger partial charge in [-0.15, -0.1) is 0 Å². The number of methoxy groups -OCH3 is 1. The number of hydrogen-bond acceptors (Lipinski definition) is 4. The van der Waals surface area contributed by atoms with Gasteiger partial charge in [0.05, 0.1) is 7.11 Å². The maximum absolute atomic E-state index is 6.12. The zero-order chi connectivity index (χ0) is 12.1. The molecule has 1 fully saturated rings. The number of hydrogen-bond donors (Lipinski definition) is 1. The molecule has 0 aromatic carbocycles. The first-order valence-corrected chi connectivity index (χ1v) is 6.22. The van der Waals surface area contributed by atoms with Crippen LogP contribution in [0, 0.1) is 0 Å². The molecule has 1 aromatic rings. The normalized spacial score (nSPS) is 25.1. The lowest BCUT2D eigenvalue weighted by molar-refractivity contribution is 0.150. The average molecular weight is 236 g/mol. The summed E-state index contributed by atoms with van der Waals surface area (Å²) in [4.78, 5) is 4.21. The van der Waals surface area contributed by atoms with Gasteiger partial charge in [-0.2, -0.15) is 0 Å². The third-order valence-corrected chi connectivity index (χ3v) is 3.22. The van der Waals surface area contributed by atoms with Crippen molar-refractivity contribution in [3.63, 3.8) is 0 Å². The van der Waals surface area contributed by atoms with Crippen LogP contribution in [0.2, 0.25) is 0 Å². The van der Waals surface area contributed by atoms with Crippen molar-refractivity contribution in [2.75, 3.05) is 7.11 Å². The molecule has 0 radical (unpaired) electrons. The molecule has 4 nitrogen and oxygen atoms in total. The second-order valence-corrected chi connectivity index (χ2v) is 4.47. The Labute approximate surface area is 102 Å². The summed E-state index contributed by atoms with van der Waals surface area (Å²) in [5.41, 5.74) is 6.12. The second-order valence-electron chi connectivity index (χ2n) is 4.47. The molecule has 0 amide bonds. The molecule has 1 aliphatic rings. The predicted octanol–water partition coefficient (Wildman–Crippen LogP) is 2.13. The van der Waals surface area contributed by atoms with Crippen LogP contribution in [-0.4, -0.2) is 24.2 Å². The van der Waals surface area contributed by atoms with Crippen molar-refractivity contribution in [1.29, 1.82) is 0 Å². The van der Waals surface area contributed by atoms with E-state index in [1.54, 1.807) is 13.3 Å². The molecule has 1 saturated carbocycles. The Bertz CT molecular complexity index is 357. The van der Waals surface area contributed by atoms with Crippen LogP contribution in [0.5, 0.6) is 11.6 Å². The van der Waals surface area contributed by atoms with Crippen molar-refractivity contribution in [2.24, 2.45) is 5.73 Å². The molecule has 4 heteroatoms. The summed E-state index contributed by atoms with van der Waals surface area (Å²) in [6, 6.07) is 3.78. The fraction of sp³-hybridized carbons (Fsp3) is 0.615. The highest BCUT2D eigenvalue weighted by Gasteiger charge is 2.23. The molecule has 17 heavy (non-hydrogen) atoms. The van der Waals surface area contributed by atoms with Crippen molar-refractivity contribution >= 4 is 0 Å². The lowest BCUT2D eigenvalue weighted by Gasteiger charge is -2.22. The number of nitrogens with zero attached hydrogens (tertiary/aromatic N) is 1. The Hall–Kier alpha value is -1.29. The van der Waals surface area contributed by atoms with Crippen LogP contribution >= 0.6 is 0 Å². The Morgan fingerprint density at radius 2 is 2.12 bits per heavy atom. The molecule has 0 saturated heterocycles. The van der Waals surface area contributed by atoms with Crippen molar-refractivity contribution in [3.8, 4) is 11.6 Å². The minimum Gasteiger partial charge on any atom is -0.491 e. The quantitative estimate of drug-likeness (QED) is 0.817. The van der Waals surface area contributed by atoms with Crippen molar-refractivity contribution < 1.29 is 9.47 Å². The molecule has 2 N–H and O–H groups in total. The summed E-state index contributed by atoms with van der Waals surface area (Å²) < 4.78 is 11.1. The van der Waals surface area contributed by atoms with Gasteiger partial charge in [0.2, 0.25) is 0 Å². The third kappa shape index (κ3) is 3.09. The molecule has 0 bridgehead atoms. The van der Waals surface area contributed by atoms with E-state index in [1.807, 2.05) is 12.1 Å². The van der Waals surface area contributed by atoms with Gasteiger partial charge in [0, 0.05) is 12.2 Å². The van der Waals surface area contributed by atoms with E-state index in [1.165, 1.54) is 19.3 Å². The highest BCUT2D eigenvalue weighted by atomic mass is 16.5. The summed E-state index contributed by atoms with van der Waals surface area (Å²) in [6.07, 6.45) is 7.41. The van der Waals surface area contributed by atoms with Crippen LogP contribution in [0.3, 0.4) is 0 Å². The smallest absolute Gasteiger partial charge is 0.257 e. The number of ether oxygens (including phenoxy) is 2. The van der Waals surface area contributed by atoms with E-state index in [-0.39, 0.29) is 12.1 Å². The highest BCUT2D eigenvalue weighted by molar-refractivity contribution is 5.32. The minimum atomic E-state index is 0.0568. The summed E-state index contributed by atoms with van der Waals surface area (Å²) in [5.74, 6) is 1.22. The second kappa shape index (κ2) is 5.87. The zero-order valence-electron chi connectivity index (χ0n) is 10.3. The minimum absolute atomic E-state index is 0.0568. The zero-order valence-corrected chi connectivity index (χ0v) is 10.3. The van der Waals surface area contributed by atoms with E-state index >= 15 is 0 Å². The van der Waals surface area contributed by atoms with Crippen LogP contribution in [0.1, 0.15) is 32.1 Å². The Morgan fingerprint density at radius 1 is 1.29 bits per heavy atom. The van der Waals surface area contributed by atoms with E-state index in [2.05, 4.69) is 4.98 Å². The van der Waals surface area contributed by atoms with Crippen molar-refractivity contribution in [3.05, 3.63) is 18.3 Å². The number of rotatable bonds is 3. The van der Waals surface area contributed by atoms with E-state index in [9.17, 15) is 0 Å². The molecule has 1 heterocycles. The first-order valence-electron chi connectivity index (χ1n) is 6.22. The fourth-order valence-corrected chi connectivity index (χ4v) is 2.21. The first kappa shape index (κ1) is 12.2. The Kier molecular flexibility index (Phi) is 4.20. The van der Waals surface area contributed by atoms with Crippen LogP contribution in [-0.2, 0) is 0 Å². The summed E-state index contributed by atoms with van der Waals surface area (Å²) in [5, 5.41) is 0. The summed E-state index contributed by atoms with van der Waals surface area (Å²) in [7, 11) is 1.62. The SMILES string of the molecule is COc1cccnc1OC1CCCCCC1N. The summed E-state index contributed by atoms with van der Waals surface area (Å²) in [6.45, 7) is 0. The van der Waals surface area contributed by atoms with Gasteiger partial charge in [-0.3, -0.25) is 0 Å². The van der Waals surface area contributed by atoms with Gasteiger partial charge >= 0.3 is 0 Å². The summed E-state index contributed by atoms with van der Waals surface area (Å²) >= 11 is 0. The molecule has 2 atom stereocenters. The van der Waals surface area contributed by atoms with Gasteiger partial charge in [-0.25, -0.2) is 4.98 Å². The molecule has 0 aliphatic heterocycles. The lowest BCUT2D eigenvalue weighted by Crippen LogP contribution is -2.38. The van der Waals surface area contributed by atoms with E-state index < -0.39 is 0 Å². The third-order valence-electron chi connectivity index (χ3n) is 3.22. The van der Waals surface area contributed by atoms with Gasteiger partial charge in [-0.05, 0) is 31.4 Å². The molecular formula is C13H20N2O2. The van der Waals surface area contributed by atoms with Crippen molar-refractivity contribution in [2.45, 2.75) is 44.2 Å². The molecule has 2 rings (SSSR count). The van der Waals surface area contributed by atoms with Crippen LogP contribution in [0.25, 0.3) is 0 Å². The largest absolute Gasteiger partial charge is 0.491 e. The number of nitrogens with two attached hydrogens (primary N) is 1. The first-order chi connectivity index (χ1) is 8.31. The van der Waals surface area contributed by atoms with Crippen molar-refractivity contribution in [1.82, 2.24) is 4.98 Å². The molecular weight excluding hydrogens is 216 g/mol. The van der Waals surface area contributed by atoms with Gasteiger partial charge in [0.1, 0.15) is 6.10 Å². The highest BCUT2D eigenvalue weighted by Crippen LogP contribution is 2.27. The molecule has 1 aromatic heterocycles. The van der Waals surface area contributed by atoms with Crippen LogP contribution in [0.4, 0.5) is 0 Å². The molecule has 94 valence electrons. The monoisotopic (exact) mass is 236 g/mol. The lowest BCUT2D eigenvalue weighted by atomic mass is 10.1. The standard InChI is InChI=1S/C13H20N2O2/c1-16-12-8-5-9-15-13(12)17-11-7-4-2-3-6-10(11)14/h5,8-11H,2-4,6-7,14H2,1H3. The van der Waals surface area contributed by atoms with Gasteiger partial charge < -0.3 is 15.2 Å². The number of pyridine rings is 1. The van der Waals surface area contributed by atoms with Gasteiger partial charge in [0.15, 0.2) is 5.75 Å². The number of aromatic nitrogens is 1. The molecule has 0 spiro atoms. The fourth-order valence-electron chi connectivity index (χ4n) is 2.21. The maximum Gasteiger partial charge on any atom is 0.257 e.